The molecule has 2 aromatic heterocycles. The summed E-state index contributed by atoms with van der Waals surface area (Å²) < 4.78 is 7.09. The minimum absolute atomic E-state index is 0.0569. The van der Waals surface area contributed by atoms with Crippen molar-refractivity contribution in [2.75, 3.05) is 38.2 Å². The highest BCUT2D eigenvalue weighted by Crippen LogP contribution is 2.24. The number of anilines is 1. The van der Waals surface area contributed by atoms with E-state index in [0.717, 1.165) is 54.9 Å². The number of hydrogen-bond donors (Lipinski definition) is 1. The minimum atomic E-state index is -0.0569. The summed E-state index contributed by atoms with van der Waals surface area (Å²) >= 11 is 0. The lowest BCUT2D eigenvalue weighted by Gasteiger charge is -2.26. The number of morpholine rings is 1. The zero-order valence-electron chi connectivity index (χ0n) is 15.3. The van der Waals surface area contributed by atoms with Gasteiger partial charge in [0.1, 0.15) is 0 Å². The van der Waals surface area contributed by atoms with Crippen molar-refractivity contribution in [3.05, 3.63) is 36.7 Å². The van der Waals surface area contributed by atoms with Crippen LogP contribution in [-0.4, -0.2) is 63.6 Å². The Balaban J connectivity index is 1.44. The maximum atomic E-state index is 12.2. The molecule has 1 aliphatic rings. The Hall–Kier alpha value is -2.84. The van der Waals surface area contributed by atoms with E-state index < -0.39 is 0 Å². The molecule has 1 saturated heterocycles. The summed E-state index contributed by atoms with van der Waals surface area (Å²) in [6, 6.07) is 7.81. The Kier molecular flexibility index (Phi) is 5.08. The number of nitrogens with one attached hydrogen (secondary N) is 1. The molecule has 0 bridgehead atoms. The molecule has 1 aromatic carbocycles. The molecule has 1 N–H and O–H groups in total. The van der Waals surface area contributed by atoms with Crippen LogP contribution >= 0.6 is 0 Å². The average Bonchev–Trinajstić information content (AvgIpc) is 3.13. The van der Waals surface area contributed by atoms with E-state index in [1.807, 2.05) is 43.7 Å². The van der Waals surface area contributed by atoms with E-state index in [4.69, 9.17) is 4.74 Å². The lowest BCUT2D eigenvalue weighted by molar-refractivity contribution is -0.116. The molecular weight excluding hydrogens is 344 g/mol. The molecular formula is C19H22N6O2. The molecule has 8 heteroatoms. The smallest absolute Gasteiger partial charge is 0.226 e. The summed E-state index contributed by atoms with van der Waals surface area (Å²) in [7, 11) is 1.89. The number of rotatable bonds is 5. The van der Waals surface area contributed by atoms with Crippen LogP contribution in [0.1, 0.15) is 6.42 Å². The van der Waals surface area contributed by atoms with Crippen LogP contribution in [0.15, 0.2) is 36.7 Å². The lowest BCUT2D eigenvalue weighted by atomic mass is 10.1. The van der Waals surface area contributed by atoms with Crippen molar-refractivity contribution in [2.24, 2.45) is 7.05 Å². The molecule has 8 nitrogen and oxygen atoms in total. The monoisotopic (exact) mass is 366 g/mol. The predicted molar refractivity (Wildman–Crippen MR) is 102 cm³/mol. The van der Waals surface area contributed by atoms with Crippen LogP contribution in [0.3, 0.4) is 0 Å². The van der Waals surface area contributed by atoms with E-state index in [1.165, 1.54) is 0 Å². The molecule has 0 aliphatic carbocycles. The van der Waals surface area contributed by atoms with E-state index >= 15 is 0 Å². The molecule has 0 spiro atoms. The highest BCUT2D eigenvalue weighted by atomic mass is 16.5. The van der Waals surface area contributed by atoms with Gasteiger partial charge in [0.15, 0.2) is 5.82 Å². The van der Waals surface area contributed by atoms with Gasteiger partial charge in [0, 0.05) is 50.2 Å². The van der Waals surface area contributed by atoms with Crippen molar-refractivity contribution < 1.29 is 9.53 Å². The van der Waals surface area contributed by atoms with Crippen molar-refractivity contribution in [3.8, 4) is 11.1 Å². The molecule has 0 saturated carbocycles. The third-order valence-electron chi connectivity index (χ3n) is 4.65. The molecule has 1 aliphatic heterocycles. The third-order valence-corrected chi connectivity index (χ3v) is 4.65. The number of carbonyl (C=O) groups is 1. The first-order valence-electron chi connectivity index (χ1n) is 9.04. The van der Waals surface area contributed by atoms with E-state index in [2.05, 4.69) is 25.5 Å². The summed E-state index contributed by atoms with van der Waals surface area (Å²) in [5, 5.41) is 16.3. The van der Waals surface area contributed by atoms with Gasteiger partial charge in [-0.05, 0) is 23.8 Å². The summed E-state index contributed by atoms with van der Waals surface area (Å²) in [4.78, 5) is 14.5. The zero-order chi connectivity index (χ0) is 18.6. The van der Waals surface area contributed by atoms with Crippen molar-refractivity contribution in [2.45, 2.75) is 6.42 Å². The van der Waals surface area contributed by atoms with E-state index in [-0.39, 0.29) is 5.91 Å². The minimum Gasteiger partial charge on any atom is -0.379 e. The summed E-state index contributed by atoms with van der Waals surface area (Å²) in [5.41, 5.74) is 2.87. The van der Waals surface area contributed by atoms with Gasteiger partial charge in [-0.15, -0.1) is 10.2 Å². The van der Waals surface area contributed by atoms with Gasteiger partial charge in [0.2, 0.25) is 5.91 Å². The quantitative estimate of drug-likeness (QED) is 0.740. The summed E-state index contributed by atoms with van der Waals surface area (Å²) in [5.74, 6) is 0.413. The van der Waals surface area contributed by atoms with Gasteiger partial charge in [-0.25, -0.2) is 0 Å². The van der Waals surface area contributed by atoms with Crippen LogP contribution in [0, 0.1) is 0 Å². The van der Waals surface area contributed by atoms with E-state index in [0.29, 0.717) is 12.2 Å². The van der Waals surface area contributed by atoms with Gasteiger partial charge in [-0.3, -0.25) is 14.4 Å². The van der Waals surface area contributed by atoms with Gasteiger partial charge in [-0.2, -0.15) is 5.10 Å². The number of benzene rings is 1. The lowest BCUT2D eigenvalue weighted by Crippen LogP contribution is -2.38. The Labute approximate surface area is 157 Å². The third kappa shape index (κ3) is 4.29. The van der Waals surface area contributed by atoms with Crippen LogP contribution in [-0.2, 0) is 16.6 Å². The molecule has 0 unspecified atom stereocenters. The molecule has 4 rings (SSSR count). The maximum Gasteiger partial charge on any atom is 0.226 e. The number of nitrogens with zero attached hydrogens (tertiary/aromatic N) is 5. The normalized spacial score (nSPS) is 15.1. The van der Waals surface area contributed by atoms with Gasteiger partial charge in [0.25, 0.3) is 0 Å². The van der Waals surface area contributed by atoms with Crippen molar-refractivity contribution >= 4 is 22.6 Å². The number of aryl methyl sites for hydroxylation is 1. The largest absolute Gasteiger partial charge is 0.379 e. The molecule has 1 fully saturated rings. The number of hydrogen-bond acceptors (Lipinski definition) is 6. The first kappa shape index (κ1) is 17.6. The van der Waals surface area contributed by atoms with Crippen LogP contribution in [0.2, 0.25) is 0 Å². The highest BCUT2D eigenvalue weighted by Gasteiger charge is 2.13. The standard InChI is InChI=1S/C19H22N6O2/c1-24-13-16(12-20-24)14-2-3-17-15(10-14)11-18(23-22-17)21-19(26)4-5-25-6-8-27-9-7-25/h2-3,10-13H,4-9H2,1H3,(H,21,23,26). The van der Waals surface area contributed by atoms with E-state index in [9.17, 15) is 4.79 Å². The molecule has 3 heterocycles. The Morgan fingerprint density at radius 1 is 1.19 bits per heavy atom. The molecule has 140 valence electrons. The number of carbonyl (C=O) groups excluding carboxylic acids is 1. The van der Waals surface area contributed by atoms with Crippen LogP contribution < -0.4 is 5.32 Å². The summed E-state index contributed by atoms with van der Waals surface area (Å²) in [6.45, 7) is 3.94. The first-order chi connectivity index (χ1) is 13.2. The van der Waals surface area contributed by atoms with Crippen LogP contribution in [0.4, 0.5) is 5.82 Å². The second-order valence-electron chi connectivity index (χ2n) is 6.66. The number of amides is 1. The van der Waals surface area contributed by atoms with Gasteiger partial charge in [0.05, 0.1) is 24.9 Å². The summed E-state index contributed by atoms with van der Waals surface area (Å²) in [6.07, 6.45) is 4.21. The molecule has 27 heavy (non-hydrogen) atoms. The Morgan fingerprint density at radius 3 is 2.81 bits per heavy atom. The highest BCUT2D eigenvalue weighted by molar-refractivity contribution is 5.92. The van der Waals surface area contributed by atoms with Gasteiger partial charge in [-0.1, -0.05) is 6.07 Å². The fourth-order valence-electron chi connectivity index (χ4n) is 3.15. The number of fused-ring (bicyclic) bond motifs is 1. The van der Waals surface area contributed by atoms with E-state index in [1.54, 1.807) is 4.68 Å². The Morgan fingerprint density at radius 2 is 2.04 bits per heavy atom. The predicted octanol–water partition coefficient (Wildman–Crippen LogP) is 1.69. The number of ether oxygens (including phenoxy) is 1. The molecule has 0 atom stereocenters. The van der Waals surface area contributed by atoms with Crippen molar-refractivity contribution in [1.29, 1.82) is 0 Å². The van der Waals surface area contributed by atoms with Gasteiger partial charge < -0.3 is 10.1 Å². The maximum absolute atomic E-state index is 12.2. The molecule has 0 radical (unpaired) electrons. The van der Waals surface area contributed by atoms with Crippen molar-refractivity contribution in [3.63, 3.8) is 0 Å². The fraction of sp³-hybridized carbons (Fsp3) is 0.368. The Bertz CT molecular complexity index is 948. The second kappa shape index (κ2) is 7.81. The van der Waals surface area contributed by atoms with Crippen LogP contribution in [0.5, 0.6) is 0 Å². The van der Waals surface area contributed by atoms with Crippen LogP contribution in [0.25, 0.3) is 22.0 Å². The van der Waals surface area contributed by atoms with Crippen molar-refractivity contribution in [1.82, 2.24) is 24.9 Å². The number of aromatic nitrogens is 4. The fourth-order valence-corrected chi connectivity index (χ4v) is 3.15. The molecule has 1 amide bonds. The second-order valence-corrected chi connectivity index (χ2v) is 6.66. The average molecular weight is 366 g/mol. The topological polar surface area (TPSA) is 85.2 Å². The SMILES string of the molecule is Cn1cc(-c2ccc3nnc(NC(=O)CCN4CCOCC4)cc3c2)cn1. The first-order valence-corrected chi connectivity index (χ1v) is 9.04. The zero-order valence-corrected chi connectivity index (χ0v) is 15.3. The molecule has 3 aromatic rings. The van der Waals surface area contributed by atoms with Gasteiger partial charge >= 0.3 is 0 Å².